The van der Waals surface area contributed by atoms with Gasteiger partial charge >= 0.3 is 5.97 Å². The number of hydrogen-bond donors (Lipinski definition) is 3. The zero-order valence-corrected chi connectivity index (χ0v) is 16.0. The Morgan fingerprint density at radius 1 is 1.04 bits per heavy atom. The van der Waals surface area contributed by atoms with E-state index in [1.165, 1.54) is 19.3 Å². The Morgan fingerprint density at radius 2 is 1.70 bits per heavy atom. The summed E-state index contributed by atoms with van der Waals surface area (Å²) in [7, 11) is 0. The van der Waals surface area contributed by atoms with E-state index in [0.29, 0.717) is 24.3 Å². The first-order chi connectivity index (χ1) is 13.0. The van der Waals surface area contributed by atoms with Crippen LogP contribution in [0, 0.1) is 5.92 Å². The molecule has 3 N–H and O–H groups in total. The van der Waals surface area contributed by atoms with Crippen LogP contribution in [0.15, 0.2) is 30.3 Å². The summed E-state index contributed by atoms with van der Waals surface area (Å²) >= 11 is 0. The molecule has 1 aromatic rings. The molecule has 1 aromatic carbocycles. The minimum Gasteiger partial charge on any atom is -0.481 e. The van der Waals surface area contributed by atoms with Crippen molar-refractivity contribution in [2.24, 2.45) is 5.92 Å². The molecule has 2 rings (SSSR count). The second-order valence-corrected chi connectivity index (χ2v) is 7.37. The first-order valence-corrected chi connectivity index (χ1v) is 9.80. The Bertz CT molecular complexity index is 641. The molecule has 0 radical (unpaired) electrons. The van der Waals surface area contributed by atoms with Gasteiger partial charge in [0.15, 0.2) is 0 Å². The molecule has 1 fully saturated rings. The van der Waals surface area contributed by atoms with Crippen LogP contribution in [0.3, 0.4) is 0 Å². The maximum absolute atomic E-state index is 12.1. The molecule has 148 valence electrons. The van der Waals surface area contributed by atoms with Crippen molar-refractivity contribution in [1.29, 1.82) is 0 Å². The third-order valence-electron chi connectivity index (χ3n) is 5.57. The Labute approximate surface area is 160 Å². The summed E-state index contributed by atoms with van der Waals surface area (Å²) in [6.45, 7) is 1.65. The van der Waals surface area contributed by atoms with E-state index in [4.69, 9.17) is 0 Å². The van der Waals surface area contributed by atoms with E-state index in [1.54, 1.807) is 31.2 Å². The first kappa shape index (κ1) is 20.9. The molecule has 6 nitrogen and oxygen atoms in total. The van der Waals surface area contributed by atoms with Gasteiger partial charge in [-0.05, 0) is 30.7 Å². The van der Waals surface area contributed by atoms with Crippen LogP contribution in [0.1, 0.15) is 57.4 Å². The fourth-order valence-corrected chi connectivity index (χ4v) is 3.76. The van der Waals surface area contributed by atoms with Crippen LogP contribution in [0.2, 0.25) is 0 Å². The predicted octanol–water partition coefficient (Wildman–Crippen LogP) is 2.62. The average molecular weight is 374 g/mol. The van der Waals surface area contributed by atoms with Gasteiger partial charge in [0.25, 0.3) is 0 Å². The van der Waals surface area contributed by atoms with E-state index >= 15 is 0 Å². The molecule has 1 saturated carbocycles. The zero-order chi connectivity index (χ0) is 19.7. The predicted molar refractivity (Wildman–Crippen MR) is 103 cm³/mol. The van der Waals surface area contributed by atoms with Crippen LogP contribution < -0.4 is 10.6 Å². The van der Waals surface area contributed by atoms with Gasteiger partial charge in [-0.3, -0.25) is 14.4 Å². The Balaban J connectivity index is 1.85. The summed E-state index contributed by atoms with van der Waals surface area (Å²) < 4.78 is 0. The first-order valence-electron chi connectivity index (χ1n) is 9.80. The molecular formula is C21H30N2O4. The summed E-state index contributed by atoms with van der Waals surface area (Å²) in [5.74, 6) is -1.04. The molecule has 0 bridgehead atoms. The lowest BCUT2D eigenvalue weighted by Gasteiger charge is -2.29. The third kappa shape index (κ3) is 5.81. The minimum atomic E-state index is -1.18. The van der Waals surface area contributed by atoms with Gasteiger partial charge in [0.2, 0.25) is 11.8 Å². The van der Waals surface area contributed by atoms with Gasteiger partial charge in [-0.2, -0.15) is 0 Å². The number of hydrogen-bond acceptors (Lipinski definition) is 3. The van der Waals surface area contributed by atoms with Crippen LogP contribution in [-0.4, -0.2) is 36.0 Å². The number of carboxylic acids is 1. The number of aliphatic carboxylic acids is 1. The van der Waals surface area contributed by atoms with Gasteiger partial charge in [0, 0.05) is 13.0 Å². The second-order valence-electron chi connectivity index (χ2n) is 7.37. The van der Waals surface area contributed by atoms with Crippen LogP contribution in [0.25, 0.3) is 0 Å². The Hall–Kier alpha value is -2.37. The molecule has 6 heteroatoms. The molecule has 0 spiro atoms. The number of amides is 2. The van der Waals surface area contributed by atoms with Crippen LogP contribution >= 0.6 is 0 Å². The van der Waals surface area contributed by atoms with E-state index in [0.717, 1.165) is 12.8 Å². The number of rotatable bonds is 9. The molecule has 1 unspecified atom stereocenters. The molecular weight excluding hydrogens is 344 g/mol. The maximum Gasteiger partial charge on any atom is 0.315 e. The summed E-state index contributed by atoms with van der Waals surface area (Å²) in [5.41, 5.74) is -0.523. The molecule has 27 heavy (non-hydrogen) atoms. The van der Waals surface area contributed by atoms with Gasteiger partial charge in [-0.25, -0.2) is 0 Å². The molecule has 0 saturated heterocycles. The Morgan fingerprint density at radius 3 is 2.30 bits per heavy atom. The van der Waals surface area contributed by atoms with E-state index in [1.807, 2.05) is 6.07 Å². The van der Waals surface area contributed by atoms with Gasteiger partial charge in [-0.1, -0.05) is 56.5 Å². The lowest BCUT2D eigenvalue weighted by atomic mass is 9.78. The molecule has 0 heterocycles. The average Bonchev–Trinajstić information content (AvgIpc) is 2.68. The fourth-order valence-electron chi connectivity index (χ4n) is 3.76. The van der Waals surface area contributed by atoms with Crippen molar-refractivity contribution in [2.45, 2.75) is 57.3 Å². The van der Waals surface area contributed by atoms with Gasteiger partial charge in [0.1, 0.15) is 5.41 Å². The third-order valence-corrected chi connectivity index (χ3v) is 5.57. The monoisotopic (exact) mass is 374 g/mol. The van der Waals surface area contributed by atoms with E-state index < -0.39 is 11.4 Å². The van der Waals surface area contributed by atoms with E-state index in [-0.39, 0.29) is 24.9 Å². The number of carbonyl (C=O) groups is 3. The van der Waals surface area contributed by atoms with Crippen molar-refractivity contribution in [3.05, 3.63) is 35.9 Å². The fraction of sp³-hybridized carbons (Fsp3) is 0.571. The highest BCUT2D eigenvalue weighted by Gasteiger charge is 2.38. The van der Waals surface area contributed by atoms with E-state index in [9.17, 15) is 19.5 Å². The lowest BCUT2D eigenvalue weighted by Crippen LogP contribution is -2.48. The smallest absolute Gasteiger partial charge is 0.315 e. The summed E-state index contributed by atoms with van der Waals surface area (Å²) in [5, 5.41) is 15.1. The molecule has 0 aliphatic heterocycles. The molecule has 1 atom stereocenters. The van der Waals surface area contributed by atoms with Crippen molar-refractivity contribution in [3.8, 4) is 0 Å². The van der Waals surface area contributed by atoms with Crippen molar-refractivity contribution in [1.82, 2.24) is 10.6 Å². The zero-order valence-electron chi connectivity index (χ0n) is 16.0. The summed E-state index contributed by atoms with van der Waals surface area (Å²) in [6.07, 6.45) is 6.55. The summed E-state index contributed by atoms with van der Waals surface area (Å²) in [4.78, 5) is 36.1. The molecule has 2 amide bonds. The standard InChI is InChI=1S/C21H30N2O4/c1-2-21(20(26)27,17-11-7-4-8-12-17)15-23-19(25)14-22-18(24)13-16-9-5-3-6-10-16/h4,7-8,11-12,16H,2-3,5-6,9-10,13-15H2,1H3,(H,22,24)(H,23,25)(H,26,27). The van der Waals surface area contributed by atoms with Gasteiger partial charge < -0.3 is 15.7 Å². The number of carbonyl (C=O) groups excluding carboxylic acids is 2. The highest BCUT2D eigenvalue weighted by Crippen LogP contribution is 2.28. The Kier molecular flexibility index (Phi) is 7.82. The van der Waals surface area contributed by atoms with E-state index in [2.05, 4.69) is 10.6 Å². The van der Waals surface area contributed by atoms with Crippen molar-refractivity contribution in [2.75, 3.05) is 13.1 Å². The quantitative estimate of drug-likeness (QED) is 0.619. The summed E-state index contributed by atoms with van der Waals surface area (Å²) in [6, 6.07) is 8.92. The highest BCUT2D eigenvalue weighted by atomic mass is 16.4. The maximum atomic E-state index is 12.1. The lowest BCUT2D eigenvalue weighted by molar-refractivity contribution is -0.144. The second kappa shape index (κ2) is 10.1. The largest absolute Gasteiger partial charge is 0.481 e. The van der Waals surface area contributed by atoms with Gasteiger partial charge in [-0.15, -0.1) is 0 Å². The van der Waals surface area contributed by atoms with Gasteiger partial charge in [0.05, 0.1) is 6.54 Å². The number of carboxylic acid groups (broad SMARTS) is 1. The molecule has 0 aromatic heterocycles. The molecule has 1 aliphatic rings. The van der Waals surface area contributed by atoms with Crippen molar-refractivity contribution < 1.29 is 19.5 Å². The van der Waals surface area contributed by atoms with Crippen LogP contribution in [0.5, 0.6) is 0 Å². The SMILES string of the molecule is CCC(CNC(=O)CNC(=O)CC1CCCCC1)(C(=O)O)c1ccccc1. The molecule has 1 aliphatic carbocycles. The van der Waals surface area contributed by atoms with Crippen LogP contribution in [0.4, 0.5) is 0 Å². The highest BCUT2D eigenvalue weighted by molar-refractivity contribution is 5.86. The number of nitrogens with one attached hydrogen (secondary N) is 2. The topological polar surface area (TPSA) is 95.5 Å². The van der Waals surface area contributed by atoms with Crippen molar-refractivity contribution in [3.63, 3.8) is 0 Å². The number of benzene rings is 1. The normalized spacial score (nSPS) is 16.9. The van der Waals surface area contributed by atoms with Crippen LogP contribution in [-0.2, 0) is 19.8 Å². The minimum absolute atomic E-state index is 0.0137. The van der Waals surface area contributed by atoms with Crippen molar-refractivity contribution >= 4 is 17.8 Å².